The van der Waals surface area contributed by atoms with Crippen molar-refractivity contribution in [3.05, 3.63) is 0 Å². The molecule has 3 N–H and O–H groups in total. The molecule has 0 aromatic rings. The van der Waals surface area contributed by atoms with E-state index < -0.39 is 18.1 Å². The molecule has 0 saturated heterocycles. The van der Waals surface area contributed by atoms with Gasteiger partial charge in [-0.15, -0.1) is 0 Å². The minimum Gasteiger partial charge on any atom is -0.467 e. The van der Waals surface area contributed by atoms with Gasteiger partial charge in [-0.3, -0.25) is 4.79 Å². The minimum absolute atomic E-state index is 0.315. The fourth-order valence-electron chi connectivity index (χ4n) is 0.998. The summed E-state index contributed by atoms with van der Waals surface area (Å²) in [5.74, 6) is -0.785. The summed E-state index contributed by atoms with van der Waals surface area (Å²) in [4.78, 5) is 22.3. The molecule has 0 spiro atoms. The van der Waals surface area contributed by atoms with Gasteiger partial charge in [-0.25, -0.2) is 4.79 Å². The Morgan fingerprint density at radius 2 is 2.07 bits per heavy atom. The van der Waals surface area contributed by atoms with E-state index in [0.29, 0.717) is 6.42 Å². The maximum absolute atomic E-state index is 11.3. The van der Waals surface area contributed by atoms with Gasteiger partial charge in [0.15, 0.2) is 0 Å². The molecule has 0 fully saturated rings. The molecule has 1 amide bonds. The Kier molecular flexibility index (Phi) is 5.87. The zero-order chi connectivity index (χ0) is 11.1. The summed E-state index contributed by atoms with van der Waals surface area (Å²) in [5.41, 5.74) is 5.55. The van der Waals surface area contributed by atoms with Gasteiger partial charge in [0.1, 0.15) is 6.04 Å². The highest BCUT2D eigenvalue weighted by molar-refractivity contribution is 5.87. The van der Waals surface area contributed by atoms with Crippen LogP contribution in [-0.4, -0.2) is 31.1 Å². The van der Waals surface area contributed by atoms with E-state index in [1.807, 2.05) is 6.92 Å². The first-order valence-corrected chi connectivity index (χ1v) is 4.66. The largest absolute Gasteiger partial charge is 0.467 e. The highest BCUT2D eigenvalue weighted by atomic mass is 16.5. The number of ether oxygens (including phenoxy) is 1. The molecular weight excluding hydrogens is 184 g/mol. The normalized spacial score (nSPS) is 14.3. The molecule has 0 aromatic heterocycles. The van der Waals surface area contributed by atoms with Crippen molar-refractivity contribution in [2.75, 3.05) is 7.11 Å². The molecule has 0 heterocycles. The van der Waals surface area contributed by atoms with Crippen molar-refractivity contribution < 1.29 is 14.3 Å². The first-order valence-electron chi connectivity index (χ1n) is 4.66. The fourth-order valence-corrected chi connectivity index (χ4v) is 0.998. The van der Waals surface area contributed by atoms with E-state index in [2.05, 4.69) is 10.1 Å². The van der Waals surface area contributed by atoms with Crippen molar-refractivity contribution in [1.82, 2.24) is 5.32 Å². The van der Waals surface area contributed by atoms with Gasteiger partial charge in [-0.05, 0) is 13.3 Å². The SMILES string of the molecule is CCC[C@H](N)C(=O)N[C@H](C)C(=O)OC. The van der Waals surface area contributed by atoms with Crippen LogP contribution >= 0.6 is 0 Å². The van der Waals surface area contributed by atoms with E-state index in [1.165, 1.54) is 7.11 Å². The van der Waals surface area contributed by atoms with Gasteiger partial charge in [0.25, 0.3) is 0 Å². The Hall–Kier alpha value is -1.10. The molecule has 5 nitrogen and oxygen atoms in total. The molecule has 0 aliphatic rings. The first-order chi connectivity index (χ1) is 6.52. The monoisotopic (exact) mass is 202 g/mol. The summed E-state index contributed by atoms with van der Waals surface area (Å²) >= 11 is 0. The number of methoxy groups -OCH3 is 1. The lowest BCUT2D eigenvalue weighted by Gasteiger charge is -2.15. The van der Waals surface area contributed by atoms with Crippen molar-refractivity contribution in [3.8, 4) is 0 Å². The second-order valence-electron chi connectivity index (χ2n) is 3.15. The van der Waals surface area contributed by atoms with E-state index in [9.17, 15) is 9.59 Å². The Morgan fingerprint density at radius 3 is 2.50 bits per heavy atom. The molecular formula is C9H18N2O3. The lowest BCUT2D eigenvalue weighted by molar-refractivity contribution is -0.144. The number of hydrogen-bond donors (Lipinski definition) is 2. The number of nitrogens with two attached hydrogens (primary N) is 1. The van der Waals surface area contributed by atoms with Crippen LogP contribution in [0.2, 0.25) is 0 Å². The van der Waals surface area contributed by atoms with Crippen LogP contribution in [0.15, 0.2) is 0 Å². The van der Waals surface area contributed by atoms with Crippen LogP contribution in [0.3, 0.4) is 0 Å². The summed E-state index contributed by atoms with van der Waals surface area (Å²) < 4.78 is 4.46. The van der Waals surface area contributed by atoms with Crippen LogP contribution in [0, 0.1) is 0 Å². The van der Waals surface area contributed by atoms with Gasteiger partial charge in [0, 0.05) is 0 Å². The van der Waals surface area contributed by atoms with E-state index in [0.717, 1.165) is 6.42 Å². The smallest absolute Gasteiger partial charge is 0.328 e. The topological polar surface area (TPSA) is 81.4 Å². The number of rotatable bonds is 5. The molecule has 0 saturated carbocycles. The van der Waals surface area contributed by atoms with Crippen LogP contribution < -0.4 is 11.1 Å². The van der Waals surface area contributed by atoms with Gasteiger partial charge in [0.05, 0.1) is 13.2 Å². The number of nitrogens with one attached hydrogen (secondary N) is 1. The van der Waals surface area contributed by atoms with Crippen molar-refractivity contribution >= 4 is 11.9 Å². The maximum Gasteiger partial charge on any atom is 0.328 e. The number of esters is 1. The highest BCUT2D eigenvalue weighted by Gasteiger charge is 2.19. The fraction of sp³-hybridized carbons (Fsp3) is 0.778. The average molecular weight is 202 g/mol. The van der Waals surface area contributed by atoms with Crippen molar-refractivity contribution in [3.63, 3.8) is 0 Å². The van der Waals surface area contributed by atoms with Crippen LogP contribution in [0.4, 0.5) is 0 Å². The van der Waals surface area contributed by atoms with Gasteiger partial charge in [-0.1, -0.05) is 13.3 Å². The summed E-state index contributed by atoms with van der Waals surface area (Å²) in [6, 6.07) is -1.19. The van der Waals surface area contributed by atoms with Crippen LogP contribution in [0.1, 0.15) is 26.7 Å². The van der Waals surface area contributed by atoms with Gasteiger partial charge in [-0.2, -0.15) is 0 Å². The Balaban J connectivity index is 3.98. The predicted molar refractivity (Wildman–Crippen MR) is 52.5 cm³/mol. The second-order valence-corrected chi connectivity index (χ2v) is 3.15. The molecule has 0 aromatic carbocycles. The molecule has 0 aliphatic heterocycles. The highest BCUT2D eigenvalue weighted by Crippen LogP contribution is 1.94. The molecule has 0 rings (SSSR count). The summed E-state index contributed by atoms with van der Waals surface area (Å²) in [5, 5.41) is 2.48. The molecule has 5 heteroatoms. The summed E-state index contributed by atoms with van der Waals surface area (Å²) in [7, 11) is 1.27. The predicted octanol–water partition coefficient (Wildman–Crippen LogP) is -0.208. The number of carbonyl (C=O) groups excluding carboxylic acids is 2. The maximum atomic E-state index is 11.3. The molecule has 82 valence electrons. The molecule has 0 aliphatic carbocycles. The van der Waals surface area contributed by atoms with Gasteiger partial charge in [0.2, 0.25) is 5.91 Å². The van der Waals surface area contributed by atoms with Crippen molar-refractivity contribution in [2.45, 2.75) is 38.8 Å². The zero-order valence-corrected chi connectivity index (χ0v) is 8.87. The first kappa shape index (κ1) is 12.9. The molecule has 0 bridgehead atoms. The Labute approximate surface area is 84.0 Å². The third kappa shape index (κ3) is 4.23. The van der Waals surface area contributed by atoms with Crippen molar-refractivity contribution in [2.24, 2.45) is 5.73 Å². The Morgan fingerprint density at radius 1 is 1.50 bits per heavy atom. The quantitative estimate of drug-likeness (QED) is 0.604. The van der Waals surface area contributed by atoms with E-state index >= 15 is 0 Å². The van der Waals surface area contributed by atoms with E-state index in [4.69, 9.17) is 5.73 Å². The standard InChI is InChI=1S/C9H18N2O3/c1-4-5-7(10)8(12)11-6(2)9(13)14-3/h6-7H,4-5,10H2,1-3H3,(H,11,12)/t6-,7+/m1/s1. The lowest BCUT2D eigenvalue weighted by Crippen LogP contribution is -2.47. The van der Waals surface area contributed by atoms with Crippen LogP contribution in [0.5, 0.6) is 0 Å². The molecule has 0 unspecified atom stereocenters. The Bertz CT molecular complexity index is 206. The lowest BCUT2D eigenvalue weighted by atomic mass is 10.1. The van der Waals surface area contributed by atoms with E-state index in [-0.39, 0.29) is 5.91 Å². The van der Waals surface area contributed by atoms with Gasteiger partial charge < -0.3 is 15.8 Å². The summed E-state index contributed by atoms with van der Waals surface area (Å²) in [6.07, 6.45) is 1.45. The summed E-state index contributed by atoms with van der Waals surface area (Å²) in [6.45, 7) is 3.50. The van der Waals surface area contributed by atoms with Crippen LogP contribution in [0.25, 0.3) is 0 Å². The van der Waals surface area contributed by atoms with E-state index in [1.54, 1.807) is 6.92 Å². The number of hydrogen-bond acceptors (Lipinski definition) is 4. The third-order valence-corrected chi connectivity index (χ3v) is 1.85. The molecule has 2 atom stereocenters. The average Bonchev–Trinajstić information content (AvgIpc) is 2.16. The number of carbonyl (C=O) groups is 2. The molecule has 14 heavy (non-hydrogen) atoms. The third-order valence-electron chi connectivity index (χ3n) is 1.85. The molecule has 0 radical (unpaired) electrons. The minimum atomic E-state index is -0.643. The van der Waals surface area contributed by atoms with Crippen LogP contribution in [-0.2, 0) is 14.3 Å². The number of amides is 1. The van der Waals surface area contributed by atoms with Crippen molar-refractivity contribution in [1.29, 1.82) is 0 Å². The van der Waals surface area contributed by atoms with Gasteiger partial charge >= 0.3 is 5.97 Å². The second kappa shape index (κ2) is 6.37. The zero-order valence-electron chi connectivity index (χ0n) is 8.87.